The van der Waals surface area contributed by atoms with Gasteiger partial charge in [0, 0.05) is 38.9 Å². The Morgan fingerprint density at radius 2 is 1.54 bits per heavy atom. The third-order valence-corrected chi connectivity index (χ3v) is 4.68. The summed E-state index contributed by atoms with van der Waals surface area (Å²) < 4.78 is 0. The normalized spacial score (nSPS) is 19.1. The van der Waals surface area contributed by atoms with Crippen molar-refractivity contribution in [3.63, 3.8) is 0 Å². The van der Waals surface area contributed by atoms with Gasteiger partial charge in [-0.2, -0.15) is 0 Å². The van der Waals surface area contributed by atoms with Gasteiger partial charge in [0.2, 0.25) is 0 Å². The van der Waals surface area contributed by atoms with Crippen LogP contribution < -0.4 is 0 Å². The average Bonchev–Trinajstić information content (AvgIpc) is 2.58. The van der Waals surface area contributed by atoms with E-state index < -0.39 is 11.9 Å². The monoisotopic (exact) mass is 327 g/mol. The van der Waals surface area contributed by atoms with E-state index in [-0.39, 0.29) is 0 Å². The van der Waals surface area contributed by atoms with Gasteiger partial charge in [-0.1, -0.05) is 54.6 Å². The molecule has 3 N–H and O–H groups in total. The van der Waals surface area contributed by atoms with Crippen LogP contribution in [-0.4, -0.2) is 51.7 Å². The smallest absolute Gasteiger partial charge is 0.164 e. The molecular formula is C20H25NO3. The first-order valence-electron chi connectivity index (χ1n) is 8.52. The Morgan fingerprint density at radius 1 is 0.917 bits per heavy atom. The van der Waals surface area contributed by atoms with E-state index in [9.17, 15) is 15.3 Å². The highest BCUT2D eigenvalue weighted by atomic mass is 16.5. The van der Waals surface area contributed by atoms with Gasteiger partial charge < -0.3 is 20.2 Å². The van der Waals surface area contributed by atoms with Gasteiger partial charge >= 0.3 is 0 Å². The molecule has 1 aliphatic rings. The standard InChI is InChI=1S/C20H25NO3/c22-18(15-21-12-10-20(23,24)11-13-21)14-17-8-4-5-9-19(17)16-6-2-1-3-7-16/h1-9,18,22-24H,10-15H2. The molecule has 4 nitrogen and oxygen atoms in total. The molecule has 0 amide bonds. The van der Waals surface area contributed by atoms with E-state index in [1.54, 1.807) is 0 Å². The lowest BCUT2D eigenvalue weighted by atomic mass is 9.95. The Kier molecular flexibility index (Phi) is 5.31. The van der Waals surface area contributed by atoms with Crippen LogP contribution >= 0.6 is 0 Å². The Labute approximate surface area is 143 Å². The summed E-state index contributed by atoms with van der Waals surface area (Å²) >= 11 is 0. The SMILES string of the molecule is OC(Cc1ccccc1-c1ccccc1)CN1CCC(O)(O)CC1. The fourth-order valence-electron chi connectivity index (χ4n) is 3.31. The molecule has 0 spiro atoms. The molecule has 0 bridgehead atoms. The van der Waals surface area contributed by atoms with Crippen molar-refractivity contribution in [3.05, 3.63) is 60.2 Å². The molecule has 0 radical (unpaired) electrons. The average molecular weight is 327 g/mol. The lowest BCUT2D eigenvalue weighted by molar-refractivity contribution is -0.190. The van der Waals surface area contributed by atoms with Crippen molar-refractivity contribution >= 4 is 0 Å². The first-order chi connectivity index (χ1) is 11.5. The largest absolute Gasteiger partial charge is 0.391 e. The molecule has 1 fully saturated rings. The summed E-state index contributed by atoms with van der Waals surface area (Å²) in [6, 6.07) is 18.4. The number of piperidine rings is 1. The highest BCUT2D eigenvalue weighted by Gasteiger charge is 2.30. The van der Waals surface area contributed by atoms with Gasteiger partial charge in [0.1, 0.15) is 0 Å². The Hall–Kier alpha value is -1.72. The maximum atomic E-state index is 10.5. The van der Waals surface area contributed by atoms with Gasteiger partial charge in [0.15, 0.2) is 5.79 Å². The van der Waals surface area contributed by atoms with Crippen molar-refractivity contribution in [1.29, 1.82) is 0 Å². The van der Waals surface area contributed by atoms with Crippen LogP contribution in [0.1, 0.15) is 18.4 Å². The highest BCUT2D eigenvalue weighted by Crippen LogP contribution is 2.25. The first-order valence-corrected chi connectivity index (χ1v) is 8.52. The fourth-order valence-corrected chi connectivity index (χ4v) is 3.31. The highest BCUT2D eigenvalue weighted by molar-refractivity contribution is 5.67. The molecule has 2 aromatic carbocycles. The molecule has 1 aliphatic heterocycles. The number of likely N-dealkylation sites (tertiary alicyclic amines) is 1. The molecule has 3 rings (SSSR count). The van der Waals surface area contributed by atoms with Gasteiger partial charge in [-0.05, 0) is 16.7 Å². The Bertz CT molecular complexity index is 647. The molecule has 128 valence electrons. The number of hydrogen-bond acceptors (Lipinski definition) is 4. The minimum Gasteiger partial charge on any atom is -0.391 e. The van der Waals surface area contributed by atoms with E-state index in [1.165, 1.54) is 0 Å². The van der Waals surface area contributed by atoms with Crippen molar-refractivity contribution in [3.8, 4) is 11.1 Å². The summed E-state index contributed by atoms with van der Waals surface area (Å²) in [5.41, 5.74) is 3.44. The lowest BCUT2D eigenvalue weighted by Crippen LogP contribution is -2.46. The quantitative estimate of drug-likeness (QED) is 0.735. The summed E-state index contributed by atoms with van der Waals surface area (Å²) in [5.74, 6) is -1.54. The van der Waals surface area contributed by atoms with Gasteiger partial charge in [0.25, 0.3) is 0 Å². The van der Waals surface area contributed by atoms with Crippen LogP contribution in [-0.2, 0) is 6.42 Å². The number of nitrogens with zero attached hydrogens (tertiary/aromatic N) is 1. The van der Waals surface area contributed by atoms with Gasteiger partial charge in [-0.15, -0.1) is 0 Å². The Morgan fingerprint density at radius 3 is 2.25 bits per heavy atom. The molecule has 0 aliphatic carbocycles. The van der Waals surface area contributed by atoms with E-state index in [2.05, 4.69) is 29.2 Å². The summed E-state index contributed by atoms with van der Waals surface area (Å²) in [7, 11) is 0. The van der Waals surface area contributed by atoms with Crippen molar-refractivity contribution in [2.24, 2.45) is 0 Å². The third kappa shape index (κ3) is 4.42. The maximum Gasteiger partial charge on any atom is 0.164 e. The predicted octanol–water partition coefficient (Wildman–Crippen LogP) is 2.03. The zero-order chi connectivity index (χ0) is 17.0. The molecule has 24 heavy (non-hydrogen) atoms. The molecule has 2 aromatic rings. The molecule has 1 atom stereocenters. The van der Waals surface area contributed by atoms with Crippen molar-refractivity contribution in [2.45, 2.75) is 31.2 Å². The summed E-state index contributed by atoms with van der Waals surface area (Å²) in [6.45, 7) is 1.76. The summed E-state index contributed by atoms with van der Waals surface area (Å²) in [5, 5.41) is 29.7. The zero-order valence-electron chi connectivity index (χ0n) is 13.8. The van der Waals surface area contributed by atoms with Crippen LogP contribution in [0.4, 0.5) is 0 Å². The van der Waals surface area contributed by atoms with E-state index >= 15 is 0 Å². The molecular weight excluding hydrogens is 302 g/mol. The fraction of sp³-hybridized carbons (Fsp3) is 0.400. The van der Waals surface area contributed by atoms with Crippen molar-refractivity contribution in [1.82, 2.24) is 4.90 Å². The maximum absolute atomic E-state index is 10.5. The van der Waals surface area contributed by atoms with Crippen LogP contribution in [0, 0.1) is 0 Å². The number of β-amino-alcohol motifs (C(OH)–C–C–N with tert-alkyl or cyclic N) is 1. The van der Waals surface area contributed by atoms with Crippen LogP contribution in [0.25, 0.3) is 11.1 Å². The van der Waals surface area contributed by atoms with E-state index in [4.69, 9.17) is 0 Å². The molecule has 1 unspecified atom stereocenters. The van der Waals surface area contributed by atoms with Gasteiger partial charge in [0.05, 0.1) is 6.10 Å². The van der Waals surface area contributed by atoms with Crippen LogP contribution in [0.3, 0.4) is 0 Å². The Balaban J connectivity index is 1.64. The second kappa shape index (κ2) is 7.45. The van der Waals surface area contributed by atoms with E-state index in [1.807, 2.05) is 30.3 Å². The van der Waals surface area contributed by atoms with Crippen molar-refractivity contribution in [2.75, 3.05) is 19.6 Å². The molecule has 0 aromatic heterocycles. The number of aliphatic hydroxyl groups excluding tert-OH is 1. The van der Waals surface area contributed by atoms with E-state index in [0.29, 0.717) is 38.9 Å². The van der Waals surface area contributed by atoms with Crippen LogP contribution in [0.5, 0.6) is 0 Å². The third-order valence-electron chi connectivity index (χ3n) is 4.68. The van der Waals surface area contributed by atoms with Crippen LogP contribution in [0.15, 0.2) is 54.6 Å². The van der Waals surface area contributed by atoms with Gasteiger partial charge in [-0.25, -0.2) is 0 Å². The second-order valence-corrected chi connectivity index (χ2v) is 6.66. The number of hydrogen-bond donors (Lipinski definition) is 3. The van der Waals surface area contributed by atoms with Crippen molar-refractivity contribution < 1.29 is 15.3 Å². The molecule has 1 heterocycles. The topological polar surface area (TPSA) is 63.9 Å². The molecule has 0 saturated carbocycles. The predicted molar refractivity (Wildman–Crippen MR) is 94.4 cm³/mol. The van der Waals surface area contributed by atoms with E-state index in [0.717, 1.165) is 16.7 Å². The first kappa shape index (κ1) is 17.1. The van der Waals surface area contributed by atoms with Gasteiger partial charge in [-0.3, -0.25) is 0 Å². The molecule has 1 saturated heterocycles. The lowest BCUT2D eigenvalue weighted by Gasteiger charge is -2.35. The minimum atomic E-state index is -1.54. The summed E-state index contributed by atoms with van der Waals surface area (Å²) in [6.07, 6.45) is 0.783. The van der Waals surface area contributed by atoms with Crippen LogP contribution in [0.2, 0.25) is 0 Å². The second-order valence-electron chi connectivity index (χ2n) is 6.66. The number of aliphatic hydroxyl groups is 3. The number of rotatable bonds is 5. The number of benzene rings is 2. The molecule has 4 heteroatoms. The minimum absolute atomic E-state index is 0.334. The summed E-state index contributed by atoms with van der Waals surface area (Å²) in [4.78, 5) is 2.10. The zero-order valence-corrected chi connectivity index (χ0v) is 13.8.